The van der Waals surface area contributed by atoms with E-state index < -0.39 is 10.8 Å². The molecule has 0 aliphatic heterocycles. The molecule has 0 unspecified atom stereocenters. The van der Waals surface area contributed by atoms with E-state index in [1.165, 1.54) is 24.3 Å². The lowest BCUT2D eigenvalue weighted by Gasteiger charge is -2.08. The molecule has 0 radical (unpaired) electrons. The lowest BCUT2D eigenvalue weighted by molar-refractivity contribution is -0.384. The van der Waals surface area contributed by atoms with Crippen LogP contribution >= 0.6 is 0 Å². The number of nitrogens with one attached hydrogen (secondary N) is 2. The zero-order valence-corrected chi connectivity index (χ0v) is 15.2. The van der Waals surface area contributed by atoms with Gasteiger partial charge in [-0.05, 0) is 29.8 Å². The monoisotopic (exact) mass is 384 g/mol. The van der Waals surface area contributed by atoms with Crippen molar-refractivity contribution in [3.8, 4) is 0 Å². The van der Waals surface area contributed by atoms with E-state index in [0.29, 0.717) is 5.69 Å². The number of nitro groups is 1. The Morgan fingerprint density at radius 2 is 1.79 bits per heavy atom. The highest BCUT2D eigenvalue weighted by Gasteiger charge is 2.12. The molecule has 2 N–H and O–H groups in total. The summed E-state index contributed by atoms with van der Waals surface area (Å²) in [7, 11) is 0. The fraction of sp³-hybridized carbons (Fsp3) is 0. The van der Waals surface area contributed by atoms with Gasteiger partial charge in [0.2, 0.25) is 0 Å². The molecule has 4 aromatic rings. The number of carbonyl (C=O) groups excluding carboxylic acids is 1. The standard InChI is InChI=1S/C22H16N4O3/c27-22(16-7-5-8-17(14-16)26(28)29)23-19-10-3-1-6-15(19)12-13-21-18-9-2-4-11-20(18)24-25-21/h1-14H,(H,23,27)(H,24,25). The van der Waals surface area contributed by atoms with Crippen LogP contribution in [0.2, 0.25) is 0 Å². The van der Waals surface area contributed by atoms with Crippen LogP contribution in [0.25, 0.3) is 23.1 Å². The summed E-state index contributed by atoms with van der Waals surface area (Å²) < 4.78 is 0. The second-order valence-electron chi connectivity index (χ2n) is 6.34. The molecule has 0 spiro atoms. The minimum absolute atomic E-state index is 0.128. The molecule has 1 amide bonds. The third kappa shape index (κ3) is 3.89. The first-order valence-corrected chi connectivity index (χ1v) is 8.88. The quantitative estimate of drug-likeness (QED) is 0.378. The van der Waals surface area contributed by atoms with E-state index >= 15 is 0 Å². The summed E-state index contributed by atoms with van der Waals surface area (Å²) in [6, 6.07) is 20.8. The summed E-state index contributed by atoms with van der Waals surface area (Å²) in [5.74, 6) is -0.417. The maximum Gasteiger partial charge on any atom is 0.270 e. The van der Waals surface area contributed by atoms with Crippen LogP contribution in [0.1, 0.15) is 21.6 Å². The van der Waals surface area contributed by atoms with Crippen molar-refractivity contribution in [1.29, 1.82) is 0 Å². The van der Waals surface area contributed by atoms with Crippen LogP contribution in [0, 0.1) is 10.1 Å². The minimum Gasteiger partial charge on any atom is -0.321 e. The number of aromatic nitrogens is 2. The fourth-order valence-electron chi connectivity index (χ4n) is 2.99. The summed E-state index contributed by atoms with van der Waals surface area (Å²) in [6.45, 7) is 0. The Morgan fingerprint density at radius 1 is 1.00 bits per heavy atom. The van der Waals surface area contributed by atoms with Crippen LogP contribution < -0.4 is 5.32 Å². The highest BCUT2D eigenvalue weighted by atomic mass is 16.6. The van der Waals surface area contributed by atoms with Gasteiger partial charge in [0.15, 0.2) is 0 Å². The van der Waals surface area contributed by atoms with Crippen molar-refractivity contribution in [3.63, 3.8) is 0 Å². The number of hydrogen-bond acceptors (Lipinski definition) is 4. The number of benzene rings is 3. The molecule has 0 atom stereocenters. The molecule has 0 aliphatic rings. The molecule has 142 valence electrons. The zero-order valence-electron chi connectivity index (χ0n) is 15.2. The smallest absolute Gasteiger partial charge is 0.270 e. The zero-order chi connectivity index (χ0) is 20.2. The highest BCUT2D eigenvalue weighted by molar-refractivity contribution is 6.06. The normalized spacial score (nSPS) is 11.0. The molecule has 0 fully saturated rings. The Morgan fingerprint density at radius 3 is 2.66 bits per heavy atom. The number of carbonyl (C=O) groups is 1. The second-order valence-corrected chi connectivity index (χ2v) is 6.34. The third-order valence-electron chi connectivity index (χ3n) is 4.45. The van der Waals surface area contributed by atoms with Gasteiger partial charge in [0.1, 0.15) is 0 Å². The number of nitro benzene ring substituents is 1. The van der Waals surface area contributed by atoms with Gasteiger partial charge in [-0.2, -0.15) is 5.10 Å². The molecule has 7 heteroatoms. The molecular formula is C22H16N4O3. The Labute approximate surface area is 165 Å². The van der Waals surface area contributed by atoms with Crippen LogP contribution in [-0.4, -0.2) is 21.0 Å². The summed E-state index contributed by atoms with van der Waals surface area (Å²) in [5.41, 5.74) is 3.21. The van der Waals surface area contributed by atoms with E-state index in [1.54, 1.807) is 6.07 Å². The first-order chi connectivity index (χ1) is 14.1. The third-order valence-corrected chi connectivity index (χ3v) is 4.45. The number of fused-ring (bicyclic) bond motifs is 1. The van der Waals surface area contributed by atoms with E-state index in [1.807, 2.05) is 54.6 Å². The number of H-pyrrole nitrogens is 1. The van der Waals surface area contributed by atoms with Crippen molar-refractivity contribution in [3.05, 3.63) is 99.7 Å². The maximum atomic E-state index is 12.6. The van der Waals surface area contributed by atoms with Crippen molar-refractivity contribution in [2.24, 2.45) is 0 Å². The maximum absolute atomic E-state index is 12.6. The van der Waals surface area contributed by atoms with Crippen molar-refractivity contribution in [2.45, 2.75) is 0 Å². The molecule has 0 saturated heterocycles. The number of non-ortho nitro benzene ring substituents is 1. The molecular weight excluding hydrogens is 368 g/mol. The second kappa shape index (κ2) is 7.77. The van der Waals surface area contributed by atoms with Gasteiger partial charge in [0.05, 0.1) is 16.1 Å². The van der Waals surface area contributed by atoms with E-state index in [0.717, 1.165) is 22.2 Å². The molecule has 1 aromatic heterocycles. The number of hydrogen-bond donors (Lipinski definition) is 2. The van der Waals surface area contributed by atoms with Gasteiger partial charge in [0.25, 0.3) is 11.6 Å². The first kappa shape index (κ1) is 18.1. The Kier molecular flexibility index (Phi) is 4.86. The largest absolute Gasteiger partial charge is 0.321 e. The lowest BCUT2D eigenvalue weighted by Crippen LogP contribution is -2.12. The molecule has 0 saturated carbocycles. The molecule has 7 nitrogen and oxygen atoms in total. The minimum atomic E-state index is -0.526. The van der Waals surface area contributed by atoms with Gasteiger partial charge in [-0.25, -0.2) is 0 Å². The predicted molar refractivity (Wildman–Crippen MR) is 113 cm³/mol. The first-order valence-electron chi connectivity index (χ1n) is 8.88. The van der Waals surface area contributed by atoms with Crippen LogP contribution in [0.15, 0.2) is 72.8 Å². The number of amides is 1. The van der Waals surface area contributed by atoms with Gasteiger partial charge >= 0.3 is 0 Å². The van der Waals surface area contributed by atoms with E-state index in [-0.39, 0.29) is 11.3 Å². The highest BCUT2D eigenvalue weighted by Crippen LogP contribution is 2.22. The van der Waals surface area contributed by atoms with Crippen molar-refractivity contribution in [1.82, 2.24) is 10.2 Å². The molecule has 4 rings (SSSR count). The topological polar surface area (TPSA) is 101 Å². The van der Waals surface area contributed by atoms with E-state index in [4.69, 9.17) is 0 Å². The van der Waals surface area contributed by atoms with E-state index in [9.17, 15) is 14.9 Å². The average Bonchev–Trinajstić information content (AvgIpc) is 3.16. The Bertz CT molecular complexity index is 1240. The summed E-state index contributed by atoms with van der Waals surface area (Å²) in [6.07, 6.45) is 3.74. The molecule has 3 aromatic carbocycles. The number of nitrogens with zero attached hydrogens (tertiary/aromatic N) is 2. The van der Waals surface area contributed by atoms with Crippen LogP contribution in [-0.2, 0) is 0 Å². The fourth-order valence-corrected chi connectivity index (χ4v) is 2.99. The van der Waals surface area contributed by atoms with Crippen LogP contribution in [0.3, 0.4) is 0 Å². The Balaban J connectivity index is 1.59. The lowest BCUT2D eigenvalue weighted by atomic mass is 10.1. The molecule has 0 bridgehead atoms. The average molecular weight is 384 g/mol. The van der Waals surface area contributed by atoms with Gasteiger partial charge in [-0.3, -0.25) is 20.0 Å². The summed E-state index contributed by atoms with van der Waals surface area (Å²) in [5, 5.41) is 22.0. The molecule has 0 aliphatic carbocycles. The summed E-state index contributed by atoms with van der Waals surface area (Å²) in [4.78, 5) is 23.0. The van der Waals surface area contributed by atoms with Crippen molar-refractivity contribution >= 4 is 40.3 Å². The SMILES string of the molecule is O=C(Nc1ccccc1C=Cc1n[nH]c2ccccc12)c1cccc([N+](=O)[O-])c1. The van der Waals surface area contributed by atoms with Crippen molar-refractivity contribution < 1.29 is 9.72 Å². The van der Waals surface area contributed by atoms with Gasteiger partial charge in [-0.15, -0.1) is 0 Å². The van der Waals surface area contributed by atoms with Crippen LogP contribution in [0.5, 0.6) is 0 Å². The van der Waals surface area contributed by atoms with Crippen LogP contribution in [0.4, 0.5) is 11.4 Å². The number of aromatic amines is 1. The van der Waals surface area contributed by atoms with Gasteiger partial charge in [-0.1, -0.05) is 48.5 Å². The van der Waals surface area contributed by atoms with Gasteiger partial charge < -0.3 is 5.32 Å². The number of anilines is 1. The predicted octanol–water partition coefficient (Wildman–Crippen LogP) is 4.89. The number of para-hydroxylation sites is 2. The van der Waals surface area contributed by atoms with Gasteiger partial charge in [0, 0.05) is 28.8 Å². The molecule has 1 heterocycles. The molecule has 29 heavy (non-hydrogen) atoms. The summed E-state index contributed by atoms with van der Waals surface area (Å²) >= 11 is 0. The number of rotatable bonds is 5. The van der Waals surface area contributed by atoms with E-state index in [2.05, 4.69) is 15.5 Å². The van der Waals surface area contributed by atoms with Crippen molar-refractivity contribution in [2.75, 3.05) is 5.32 Å². The Hall–Kier alpha value is -4.26.